The van der Waals surface area contributed by atoms with Gasteiger partial charge in [0.25, 0.3) is 0 Å². The molecule has 1 N–H and O–H groups in total. The molecule has 27 heavy (non-hydrogen) atoms. The number of rotatable bonds is 9. The van der Waals surface area contributed by atoms with Crippen molar-refractivity contribution in [3.05, 3.63) is 70.7 Å². The molecule has 144 valence electrons. The highest BCUT2D eigenvalue weighted by Crippen LogP contribution is 2.16. The molecule has 2 aromatic rings. The van der Waals surface area contributed by atoms with Gasteiger partial charge in [-0.1, -0.05) is 67.4 Å². The number of benzene rings is 2. The van der Waals surface area contributed by atoms with E-state index in [9.17, 15) is 9.59 Å². The van der Waals surface area contributed by atoms with E-state index >= 15 is 0 Å². The highest BCUT2D eigenvalue weighted by molar-refractivity contribution is 6.30. The number of nitrogens with zero attached hydrogens (tertiary/aromatic N) is 1. The summed E-state index contributed by atoms with van der Waals surface area (Å²) in [7, 11) is 0. The molecule has 0 aliphatic heterocycles. The van der Waals surface area contributed by atoms with Crippen molar-refractivity contribution < 1.29 is 9.59 Å². The Bertz CT molecular complexity index is 749. The Morgan fingerprint density at radius 1 is 1.07 bits per heavy atom. The van der Waals surface area contributed by atoms with Gasteiger partial charge in [0.2, 0.25) is 11.8 Å². The van der Waals surface area contributed by atoms with Gasteiger partial charge in [0.1, 0.15) is 6.04 Å². The zero-order valence-corrected chi connectivity index (χ0v) is 16.7. The van der Waals surface area contributed by atoms with Crippen LogP contribution in [0.1, 0.15) is 37.8 Å². The Balaban J connectivity index is 2.16. The number of amides is 2. The molecule has 0 heterocycles. The molecular formula is C22H27ClN2O2. The summed E-state index contributed by atoms with van der Waals surface area (Å²) >= 11 is 6.08. The van der Waals surface area contributed by atoms with Crippen molar-refractivity contribution in [3.63, 3.8) is 0 Å². The number of carbonyl (C=O) groups excluding carboxylic acids is 2. The molecule has 0 radical (unpaired) electrons. The van der Waals surface area contributed by atoms with Gasteiger partial charge in [-0.3, -0.25) is 9.59 Å². The van der Waals surface area contributed by atoms with Crippen molar-refractivity contribution in [1.29, 1.82) is 0 Å². The van der Waals surface area contributed by atoms with E-state index in [1.54, 1.807) is 17.9 Å². The van der Waals surface area contributed by atoms with Crippen molar-refractivity contribution in [3.8, 4) is 0 Å². The topological polar surface area (TPSA) is 49.4 Å². The van der Waals surface area contributed by atoms with Crippen molar-refractivity contribution in [2.75, 3.05) is 6.54 Å². The maximum absolute atomic E-state index is 13.0. The van der Waals surface area contributed by atoms with Crippen LogP contribution in [0.3, 0.4) is 0 Å². The highest BCUT2D eigenvalue weighted by atomic mass is 35.5. The average Bonchev–Trinajstić information content (AvgIpc) is 2.66. The number of hydrogen-bond donors (Lipinski definition) is 1. The van der Waals surface area contributed by atoms with Gasteiger partial charge in [0.05, 0.1) is 6.42 Å². The van der Waals surface area contributed by atoms with E-state index < -0.39 is 6.04 Å². The fraction of sp³-hybridized carbons (Fsp3) is 0.364. The second-order valence-electron chi connectivity index (χ2n) is 6.63. The van der Waals surface area contributed by atoms with Crippen molar-refractivity contribution >= 4 is 23.4 Å². The molecule has 2 aromatic carbocycles. The number of nitrogens with one attached hydrogen (secondary N) is 1. The van der Waals surface area contributed by atoms with Gasteiger partial charge in [-0.25, -0.2) is 0 Å². The van der Waals surface area contributed by atoms with Crippen LogP contribution < -0.4 is 5.32 Å². The first kappa shape index (κ1) is 21.0. The lowest BCUT2D eigenvalue weighted by Crippen LogP contribution is -2.48. The molecule has 0 aromatic heterocycles. The smallest absolute Gasteiger partial charge is 0.242 e. The molecule has 0 aliphatic carbocycles. The van der Waals surface area contributed by atoms with Crippen molar-refractivity contribution in [2.45, 2.75) is 45.7 Å². The van der Waals surface area contributed by atoms with Crippen LogP contribution in [-0.2, 0) is 22.6 Å². The lowest BCUT2D eigenvalue weighted by Gasteiger charge is -2.29. The molecule has 2 rings (SSSR count). The third kappa shape index (κ3) is 6.72. The van der Waals surface area contributed by atoms with Gasteiger partial charge in [-0.2, -0.15) is 0 Å². The molecule has 0 fully saturated rings. The predicted octanol–water partition coefficient (Wildman–Crippen LogP) is 4.22. The third-order valence-electron chi connectivity index (χ3n) is 4.44. The minimum Gasteiger partial charge on any atom is -0.354 e. The van der Waals surface area contributed by atoms with Crippen LogP contribution in [0.2, 0.25) is 5.02 Å². The minimum atomic E-state index is -0.558. The second-order valence-corrected chi connectivity index (χ2v) is 7.07. The Morgan fingerprint density at radius 3 is 2.44 bits per heavy atom. The SMILES string of the molecule is CCCCNC(=O)[C@@H](C)N(Cc1cccc(Cl)c1)C(=O)Cc1ccccc1. The number of carbonyl (C=O) groups is 2. The van der Waals surface area contributed by atoms with Crippen LogP contribution in [0.4, 0.5) is 0 Å². The number of halogens is 1. The fourth-order valence-corrected chi connectivity index (χ4v) is 3.04. The molecular weight excluding hydrogens is 360 g/mol. The van der Waals surface area contributed by atoms with E-state index in [2.05, 4.69) is 12.2 Å². The first-order chi connectivity index (χ1) is 13.0. The maximum atomic E-state index is 13.0. The van der Waals surface area contributed by atoms with Crippen LogP contribution in [0, 0.1) is 0 Å². The molecule has 0 bridgehead atoms. The highest BCUT2D eigenvalue weighted by Gasteiger charge is 2.26. The summed E-state index contributed by atoms with van der Waals surface area (Å²) in [5, 5.41) is 3.53. The Hall–Kier alpha value is -2.33. The van der Waals surface area contributed by atoms with Gasteiger partial charge in [-0.05, 0) is 36.6 Å². The van der Waals surface area contributed by atoms with E-state index in [1.807, 2.05) is 48.5 Å². The van der Waals surface area contributed by atoms with Crippen molar-refractivity contribution in [1.82, 2.24) is 10.2 Å². The van der Waals surface area contributed by atoms with Gasteiger partial charge < -0.3 is 10.2 Å². The van der Waals surface area contributed by atoms with Crippen LogP contribution in [0.25, 0.3) is 0 Å². The van der Waals surface area contributed by atoms with Gasteiger partial charge in [0.15, 0.2) is 0 Å². The summed E-state index contributed by atoms with van der Waals surface area (Å²) in [4.78, 5) is 27.2. The average molecular weight is 387 g/mol. The quantitative estimate of drug-likeness (QED) is 0.656. The molecule has 1 atom stereocenters. The summed E-state index contributed by atoms with van der Waals surface area (Å²) < 4.78 is 0. The first-order valence-corrected chi connectivity index (χ1v) is 9.74. The summed E-state index contributed by atoms with van der Waals surface area (Å²) in [6, 6.07) is 16.4. The molecule has 2 amide bonds. The molecule has 5 heteroatoms. The largest absolute Gasteiger partial charge is 0.354 e. The van der Waals surface area contributed by atoms with E-state index in [4.69, 9.17) is 11.6 Å². The maximum Gasteiger partial charge on any atom is 0.242 e. The molecule has 0 saturated carbocycles. The summed E-state index contributed by atoms with van der Waals surface area (Å²) in [6.45, 7) is 4.81. The lowest BCUT2D eigenvalue weighted by atomic mass is 10.1. The Labute approximate surface area is 166 Å². The monoisotopic (exact) mass is 386 g/mol. The molecule has 0 unspecified atom stereocenters. The van der Waals surface area contributed by atoms with Gasteiger partial charge >= 0.3 is 0 Å². The predicted molar refractivity (Wildman–Crippen MR) is 110 cm³/mol. The molecule has 0 aliphatic rings. The summed E-state index contributed by atoms with van der Waals surface area (Å²) in [5.41, 5.74) is 1.83. The molecule has 0 saturated heterocycles. The standard InChI is InChI=1S/C22H27ClN2O2/c1-3-4-13-24-22(27)17(2)25(16-19-11-8-12-20(23)14-19)21(26)15-18-9-6-5-7-10-18/h5-12,14,17H,3-4,13,15-16H2,1-2H3,(H,24,27)/t17-/m1/s1. The van der Waals surface area contributed by atoms with Crippen LogP contribution in [0.15, 0.2) is 54.6 Å². The normalized spacial score (nSPS) is 11.7. The van der Waals surface area contributed by atoms with Gasteiger partial charge in [-0.15, -0.1) is 0 Å². The second kappa shape index (κ2) is 10.7. The molecule has 0 spiro atoms. The van der Waals surface area contributed by atoms with E-state index in [1.165, 1.54) is 0 Å². The van der Waals surface area contributed by atoms with Crippen LogP contribution >= 0.6 is 11.6 Å². The summed E-state index contributed by atoms with van der Waals surface area (Å²) in [6.07, 6.45) is 2.19. The third-order valence-corrected chi connectivity index (χ3v) is 4.67. The zero-order chi connectivity index (χ0) is 19.6. The van der Waals surface area contributed by atoms with Crippen LogP contribution in [-0.4, -0.2) is 29.3 Å². The first-order valence-electron chi connectivity index (χ1n) is 9.36. The zero-order valence-electron chi connectivity index (χ0n) is 16.0. The lowest BCUT2D eigenvalue weighted by molar-refractivity contribution is -0.140. The van der Waals surface area contributed by atoms with Crippen LogP contribution in [0.5, 0.6) is 0 Å². The summed E-state index contributed by atoms with van der Waals surface area (Å²) in [5.74, 6) is -0.216. The minimum absolute atomic E-state index is 0.0840. The van der Waals surface area contributed by atoms with Gasteiger partial charge in [0, 0.05) is 18.1 Å². The fourth-order valence-electron chi connectivity index (χ4n) is 2.82. The Morgan fingerprint density at radius 2 is 1.78 bits per heavy atom. The van der Waals surface area contributed by atoms with E-state index in [0.29, 0.717) is 18.1 Å². The Kier molecular flexibility index (Phi) is 8.34. The number of unbranched alkanes of at least 4 members (excludes halogenated alkanes) is 1. The van der Waals surface area contributed by atoms with E-state index in [0.717, 1.165) is 24.0 Å². The van der Waals surface area contributed by atoms with E-state index in [-0.39, 0.29) is 18.2 Å². The molecule has 4 nitrogen and oxygen atoms in total. The number of hydrogen-bond acceptors (Lipinski definition) is 2. The van der Waals surface area contributed by atoms with Crippen molar-refractivity contribution in [2.24, 2.45) is 0 Å².